The summed E-state index contributed by atoms with van der Waals surface area (Å²) in [5.41, 5.74) is 2.32. The average molecular weight is 440 g/mol. The zero-order valence-electron chi connectivity index (χ0n) is 17.3. The molecule has 1 aliphatic rings. The number of rotatable bonds is 6. The maximum Gasteiger partial charge on any atom is 0.325 e. The summed E-state index contributed by atoms with van der Waals surface area (Å²) in [6.07, 6.45) is 0.380. The molecule has 3 amide bonds. The van der Waals surface area contributed by atoms with Gasteiger partial charge in [-0.15, -0.1) is 11.3 Å². The summed E-state index contributed by atoms with van der Waals surface area (Å²) < 4.78 is 0. The quantitative estimate of drug-likeness (QED) is 0.430. The van der Waals surface area contributed by atoms with Crippen molar-refractivity contribution in [3.8, 4) is 10.6 Å². The van der Waals surface area contributed by atoms with E-state index in [0.717, 1.165) is 21.7 Å². The van der Waals surface area contributed by atoms with E-state index in [2.05, 4.69) is 10.3 Å². The van der Waals surface area contributed by atoms with E-state index in [4.69, 9.17) is 0 Å². The maximum atomic E-state index is 13.7. The summed E-state index contributed by atoms with van der Waals surface area (Å²) >= 11 is 1.51. The smallest absolute Gasteiger partial charge is 0.319 e. The SMILES string of the molecule is O=C1N[C@@](Cc2ccccc2)(c2ccccc2)C(=O)N1Cc1csc(-c2ccccc2)n1. The van der Waals surface area contributed by atoms with Crippen molar-refractivity contribution in [2.24, 2.45) is 0 Å². The Hall–Kier alpha value is -3.77. The lowest BCUT2D eigenvalue weighted by atomic mass is 9.83. The second-order valence-corrected chi connectivity index (χ2v) is 8.62. The Bertz CT molecular complexity index is 1240. The molecule has 32 heavy (non-hydrogen) atoms. The van der Waals surface area contributed by atoms with Crippen LogP contribution in [-0.4, -0.2) is 21.8 Å². The molecule has 1 N–H and O–H groups in total. The molecule has 1 atom stereocenters. The molecule has 0 bridgehead atoms. The topological polar surface area (TPSA) is 62.3 Å². The monoisotopic (exact) mass is 439 g/mol. The van der Waals surface area contributed by atoms with Crippen LogP contribution in [0.3, 0.4) is 0 Å². The van der Waals surface area contributed by atoms with Gasteiger partial charge in [0.25, 0.3) is 5.91 Å². The van der Waals surface area contributed by atoms with Crippen molar-refractivity contribution in [3.05, 3.63) is 113 Å². The minimum absolute atomic E-state index is 0.136. The lowest BCUT2D eigenvalue weighted by Gasteiger charge is -2.27. The first kappa shape index (κ1) is 20.2. The fourth-order valence-electron chi connectivity index (χ4n) is 4.07. The van der Waals surface area contributed by atoms with Crippen LogP contribution in [0.2, 0.25) is 0 Å². The second-order valence-electron chi connectivity index (χ2n) is 7.77. The number of thiazole rings is 1. The summed E-state index contributed by atoms with van der Waals surface area (Å²) in [6.45, 7) is 0.136. The van der Waals surface area contributed by atoms with Gasteiger partial charge in [-0.2, -0.15) is 0 Å². The zero-order chi connectivity index (χ0) is 22.0. The van der Waals surface area contributed by atoms with E-state index in [-0.39, 0.29) is 12.5 Å². The molecule has 0 spiro atoms. The third-order valence-corrected chi connectivity index (χ3v) is 6.59. The molecule has 0 radical (unpaired) electrons. The molecule has 6 heteroatoms. The Kier molecular flexibility index (Phi) is 5.29. The van der Waals surface area contributed by atoms with Gasteiger partial charge in [0.15, 0.2) is 5.54 Å². The number of carbonyl (C=O) groups excluding carboxylic acids is 2. The van der Waals surface area contributed by atoms with Gasteiger partial charge >= 0.3 is 6.03 Å². The number of hydrogen-bond donors (Lipinski definition) is 1. The molecule has 1 aromatic heterocycles. The second kappa shape index (κ2) is 8.40. The van der Waals surface area contributed by atoms with Crippen molar-refractivity contribution in [3.63, 3.8) is 0 Å². The van der Waals surface area contributed by atoms with Crippen LogP contribution in [0.15, 0.2) is 96.4 Å². The zero-order valence-corrected chi connectivity index (χ0v) is 18.1. The Morgan fingerprint density at radius 2 is 1.47 bits per heavy atom. The van der Waals surface area contributed by atoms with E-state index in [1.165, 1.54) is 16.2 Å². The summed E-state index contributed by atoms with van der Waals surface area (Å²) in [7, 11) is 0. The first-order valence-electron chi connectivity index (χ1n) is 10.4. The van der Waals surface area contributed by atoms with Crippen LogP contribution >= 0.6 is 11.3 Å². The Labute approximate surface area is 190 Å². The van der Waals surface area contributed by atoms with Gasteiger partial charge in [0.1, 0.15) is 5.01 Å². The summed E-state index contributed by atoms with van der Waals surface area (Å²) in [6, 6.07) is 28.7. The number of amides is 3. The van der Waals surface area contributed by atoms with Gasteiger partial charge in [-0.3, -0.25) is 9.69 Å². The van der Waals surface area contributed by atoms with Gasteiger partial charge in [0, 0.05) is 17.4 Å². The summed E-state index contributed by atoms with van der Waals surface area (Å²) in [4.78, 5) is 32.7. The van der Waals surface area contributed by atoms with Crippen molar-refractivity contribution in [2.75, 3.05) is 0 Å². The van der Waals surface area contributed by atoms with E-state index in [0.29, 0.717) is 12.1 Å². The molecule has 0 unspecified atom stereocenters. The predicted molar refractivity (Wildman–Crippen MR) is 125 cm³/mol. The molecular weight excluding hydrogens is 418 g/mol. The number of aromatic nitrogens is 1. The minimum Gasteiger partial charge on any atom is -0.319 e. The predicted octanol–water partition coefficient (Wildman–Crippen LogP) is 5.00. The Morgan fingerprint density at radius 1 is 0.844 bits per heavy atom. The van der Waals surface area contributed by atoms with Gasteiger partial charge < -0.3 is 5.32 Å². The molecule has 1 aliphatic heterocycles. The number of nitrogens with zero attached hydrogens (tertiary/aromatic N) is 2. The molecule has 1 fully saturated rings. The van der Waals surface area contributed by atoms with Crippen LogP contribution in [-0.2, 0) is 23.3 Å². The Morgan fingerprint density at radius 3 is 2.16 bits per heavy atom. The van der Waals surface area contributed by atoms with Crippen molar-refractivity contribution in [1.29, 1.82) is 0 Å². The molecule has 1 saturated heterocycles. The van der Waals surface area contributed by atoms with Crippen LogP contribution in [0, 0.1) is 0 Å². The molecule has 4 aromatic rings. The Balaban J connectivity index is 1.46. The molecule has 0 aliphatic carbocycles. The molecule has 2 heterocycles. The number of urea groups is 1. The van der Waals surface area contributed by atoms with Crippen molar-refractivity contribution in [1.82, 2.24) is 15.2 Å². The number of nitrogens with one attached hydrogen (secondary N) is 1. The maximum absolute atomic E-state index is 13.7. The van der Waals surface area contributed by atoms with Gasteiger partial charge in [-0.1, -0.05) is 91.0 Å². The highest BCUT2D eigenvalue weighted by Crippen LogP contribution is 2.34. The van der Waals surface area contributed by atoms with Crippen LogP contribution < -0.4 is 5.32 Å². The van der Waals surface area contributed by atoms with Crippen LogP contribution in [0.5, 0.6) is 0 Å². The van der Waals surface area contributed by atoms with Gasteiger partial charge in [-0.25, -0.2) is 9.78 Å². The van der Waals surface area contributed by atoms with Crippen molar-refractivity contribution in [2.45, 2.75) is 18.5 Å². The molecule has 3 aromatic carbocycles. The standard InChI is InChI=1S/C26H21N3O2S/c30-24-26(21-14-8-3-9-15-21,16-19-10-4-1-5-11-19)28-25(31)29(24)17-22-18-32-23(27-22)20-12-6-2-7-13-20/h1-15,18H,16-17H2,(H,28,31)/t26-/m0/s1. The summed E-state index contributed by atoms with van der Waals surface area (Å²) in [5, 5.41) is 5.78. The first-order chi connectivity index (χ1) is 15.7. The lowest BCUT2D eigenvalue weighted by Crippen LogP contribution is -2.46. The van der Waals surface area contributed by atoms with Crippen molar-refractivity contribution < 1.29 is 9.59 Å². The molecule has 5 nitrogen and oxygen atoms in total. The third kappa shape index (κ3) is 3.69. The third-order valence-electron chi connectivity index (χ3n) is 5.65. The fourth-order valence-corrected chi connectivity index (χ4v) is 4.88. The average Bonchev–Trinajstić information content (AvgIpc) is 3.40. The van der Waals surface area contributed by atoms with Gasteiger partial charge in [0.05, 0.1) is 12.2 Å². The fraction of sp³-hybridized carbons (Fsp3) is 0.115. The molecule has 0 saturated carbocycles. The van der Waals surface area contributed by atoms with Crippen LogP contribution in [0.1, 0.15) is 16.8 Å². The highest BCUT2D eigenvalue weighted by atomic mass is 32.1. The highest BCUT2D eigenvalue weighted by Gasteiger charge is 2.52. The minimum atomic E-state index is -1.14. The first-order valence-corrected chi connectivity index (χ1v) is 11.3. The van der Waals surface area contributed by atoms with E-state index in [9.17, 15) is 9.59 Å². The van der Waals surface area contributed by atoms with Crippen LogP contribution in [0.25, 0.3) is 10.6 Å². The van der Waals surface area contributed by atoms with Gasteiger partial charge in [-0.05, 0) is 11.1 Å². The van der Waals surface area contributed by atoms with E-state index < -0.39 is 11.6 Å². The molecule has 5 rings (SSSR count). The van der Waals surface area contributed by atoms with E-state index >= 15 is 0 Å². The molecule has 158 valence electrons. The number of hydrogen-bond acceptors (Lipinski definition) is 4. The summed E-state index contributed by atoms with van der Waals surface area (Å²) in [5.74, 6) is -0.258. The largest absolute Gasteiger partial charge is 0.325 e. The van der Waals surface area contributed by atoms with Crippen molar-refractivity contribution >= 4 is 23.3 Å². The number of benzene rings is 3. The number of imide groups is 1. The van der Waals surface area contributed by atoms with E-state index in [1.54, 1.807) is 0 Å². The highest BCUT2D eigenvalue weighted by molar-refractivity contribution is 7.13. The van der Waals surface area contributed by atoms with E-state index in [1.807, 2.05) is 96.4 Å². The molecular formula is C26H21N3O2S. The van der Waals surface area contributed by atoms with Gasteiger partial charge in [0.2, 0.25) is 0 Å². The van der Waals surface area contributed by atoms with Crippen LogP contribution in [0.4, 0.5) is 4.79 Å². The number of carbonyl (C=O) groups is 2. The normalized spacial score (nSPS) is 18.1. The lowest BCUT2D eigenvalue weighted by molar-refractivity contribution is -0.132.